The predicted octanol–water partition coefficient (Wildman–Crippen LogP) is 3.75. The Morgan fingerprint density at radius 2 is 1.94 bits per heavy atom. The minimum absolute atomic E-state index is 0.361. The highest BCUT2D eigenvalue weighted by Gasteiger charge is 2.33. The number of methoxy groups -OCH3 is 2. The zero-order valence-electron chi connectivity index (χ0n) is 17.5. The van der Waals surface area contributed by atoms with Crippen molar-refractivity contribution in [1.29, 1.82) is 5.26 Å². The maximum atomic E-state index is 13.5. The highest BCUT2D eigenvalue weighted by Crippen LogP contribution is 2.38. The molecule has 0 spiro atoms. The van der Waals surface area contributed by atoms with Gasteiger partial charge in [0.15, 0.2) is 0 Å². The zero-order chi connectivity index (χ0) is 22.8. The van der Waals surface area contributed by atoms with Gasteiger partial charge in [0.25, 0.3) is 5.91 Å². The van der Waals surface area contributed by atoms with Crippen molar-refractivity contribution in [3.8, 4) is 17.6 Å². The zero-order valence-corrected chi connectivity index (χ0v) is 18.3. The summed E-state index contributed by atoms with van der Waals surface area (Å²) < 4.78 is 12.3. The van der Waals surface area contributed by atoms with Gasteiger partial charge in [0.2, 0.25) is 5.95 Å². The summed E-state index contributed by atoms with van der Waals surface area (Å²) in [7, 11) is 2.98. The number of nitrogens with zero attached hydrogens (tertiary/aromatic N) is 4. The van der Waals surface area contributed by atoms with Gasteiger partial charge in [-0.3, -0.25) is 4.79 Å². The summed E-state index contributed by atoms with van der Waals surface area (Å²) in [6.45, 7) is 1.80. The molecule has 10 heteroatoms. The molecule has 1 aliphatic rings. The van der Waals surface area contributed by atoms with Crippen molar-refractivity contribution >= 4 is 29.1 Å². The molecule has 2 heterocycles. The Hall–Kier alpha value is -4.03. The van der Waals surface area contributed by atoms with Gasteiger partial charge in [0.05, 0.1) is 42.1 Å². The molecule has 0 unspecified atom stereocenters. The summed E-state index contributed by atoms with van der Waals surface area (Å²) >= 11 is 6.18. The second kappa shape index (κ2) is 8.61. The molecule has 162 valence electrons. The van der Waals surface area contributed by atoms with E-state index in [1.54, 1.807) is 48.0 Å². The van der Waals surface area contributed by atoms with Crippen molar-refractivity contribution in [2.24, 2.45) is 0 Å². The second-order valence-corrected chi connectivity index (χ2v) is 7.38. The van der Waals surface area contributed by atoms with E-state index in [9.17, 15) is 4.79 Å². The Balaban J connectivity index is 1.76. The number of halogens is 1. The Morgan fingerprint density at radius 3 is 2.59 bits per heavy atom. The number of rotatable bonds is 5. The van der Waals surface area contributed by atoms with Crippen LogP contribution in [-0.4, -0.2) is 34.9 Å². The standard InChI is InChI=1S/C22H19ClN6O3/c1-12-19(21(30)28-16-9-17(31-2)15(23)8-18(16)32-3)20(29-22(27-12)25-11-26-29)14-6-4-13(10-24)5-7-14/h4-9,11,20H,1-3H3,(H,28,30)(H,25,26,27)/t20-/m0/s1. The van der Waals surface area contributed by atoms with Crippen molar-refractivity contribution in [2.45, 2.75) is 13.0 Å². The number of nitrogens with one attached hydrogen (secondary N) is 2. The van der Waals surface area contributed by atoms with E-state index in [0.717, 1.165) is 5.56 Å². The van der Waals surface area contributed by atoms with Gasteiger partial charge in [0.1, 0.15) is 23.9 Å². The third kappa shape index (κ3) is 3.72. The van der Waals surface area contributed by atoms with Crippen LogP contribution in [0, 0.1) is 11.3 Å². The molecule has 1 amide bonds. The van der Waals surface area contributed by atoms with Crippen LogP contribution in [-0.2, 0) is 4.79 Å². The van der Waals surface area contributed by atoms with E-state index >= 15 is 0 Å². The molecule has 1 aromatic heterocycles. The Kier molecular flexibility index (Phi) is 5.71. The van der Waals surface area contributed by atoms with E-state index in [1.165, 1.54) is 20.5 Å². The first-order valence-electron chi connectivity index (χ1n) is 9.57. The van der Waals surface area contributed by atoms with Gasteiger partial charge in [-0.1, -0.05) is 23.7 Å². The Morgan fingerprint density at radius 1 is 1.22 bits per heavy atom. The van der Waals surface area contributed by atoms with Crippen LogP contribution in [0.15, 0.2) is 54.0 Å². The summed E-state index contributed by atoms with van der Waals surface area (Å²) in [5.41, 5.74) is 2.76. The minimum Gasteiger partial charge on any atom is -0.495 e. The van der Waals surface area contributed by atoms with Gasteiger partial charge >= 0.3 is 0 Å². The van der Waals surface area contributed by atoms with Crippen molar-refractivity contribution in [1.82, 2.24) is 14.8 Å². The number of anilines is 2. The van der Waals surface area contributed by atoms with E-state index in [4.69, 9.17) is 26.3 Å². The van der Waals surface area contributed by atoms with Gasteiger partial charge < -0.3 is 20.1 Å². The number of hydrogen-bond donors (Lipinski definition) is 2. The first kappa shape index (κ1) is 21.2. The van der Waals surface area contributed by atoms with Crippen LogP contribution in [0.5, 0.6) is 11.5 Å². The number of hydrogen-bond acceptors (Lipinski definition) is 7. The van der Waals surface area contributed by atoms with Crippen LogP contribution in [0.2, 0.25) is 5.02 Å². The third-order valence-corrected chi connectivity index (χ3v) is 5.41. The topological polar surface area (TPSA) is 114 Å². The molecule has 0 aliphatic carbocycles. The monoisotopic (exact) mass is 450 g/mol. The molecule has 32 heavy (non-hydrogen) atoms. The number of carbonyl (C=O) groups excluding carboxylic acids is 1. The van der Waals surface area contributed by atoms with Gasteiger partial charge in [-0.05, 0) is 24.6 Å². The van der Waals surface area contributed by atoms with E-state index in [-0.39, 0.29) is 5.91 Å². The fourth-order valence-electron chi connectivity index (χ4n) is 3.58. The third-order valence-electron chi connectivity index (χ3n) is 5.12. The molecule has 2 aromatic carbocycles. The van der Waals surface area contributed by atoms with Gasteiger partial charge in [-0.15, -0.1) is 0 Å². The van der Waals surface area contributed by atoms with E-state index in [1.807, 2.05) is 0 Å². The average Bonchev–Trinajstić information content (AvgIpc) is 3.26. The average molecular weight is 451 g/mol. The smallest absolute Gasteiger partial charge is 0.255 e. The number of allylic oxidation sites excluding steroid dienone is 1. The summed E-state index contributed by atoms with van der Waals surface area (Å²) in [4.78, 5) is 17.7. The molecule has 0 fully saturated rings. The molecule has 1 aliphatic heterocycles. The summed E-state index contributed by atoms with van der Waals surface area (Å²) in [5, 5.41) is 19.8. The first-order valence-corrected chi connectivity index (χ1v) is 9.94. The maximum Gasteiger partial charge on any atom is 0.255 e. The van der Waals surface area contributed by atoms with E-state index in [2.05, 4.69) is 26.8 Å². The molecule has 0 saturated carbocycles. The highest BCUT2D eigenvalue weighted by atomic mass is 35.5. The normalized spacial score (nSPS) is 14.8. The van der Waals surface area contributed by atoms with Crippen LogP contribution >= 0.6 is 11.6 Å². The van der Waals surface area contributed by atoms with Crippen LogP contribution in [0.3, 0.4) is 0 Å². The molecule has 4 rings (SSSR count). The number of carbonyl (C=O) groups is 1. The Bertz CT molecular complexity index is 1260. The quantitative estimate of drug-likeness (QED) is 0.608. The molecule has 1 atom stereocenters. The fraction of sp³-hybridized carbons (Fsp3) is 0.182. The van der Waals surface area contributed by atoms with E-state index < -0.39 is 6.04 Å². The Labute approximate surface area is 189 Å². The summed E-state index contributed by atoms with van der Waals surface area (Å²) in [6.07, 6.45) is 1.42. The van der Waals surface area contributed by atoms with Crippen molar-refractivity contribution < 1.29 is 14.3 Å². The minimum atomic E-state index is -0.554. The van der Waals surface area contributed by atoms with Crippen LogP contribution in [0.1, 0.15) is 24.1 Å². The molecular weight excluding hydrogens is 432 g/mol. The number of ether oxygens (including phenoxy) is 2. The lowest BCUT2D eigenvalue weighted by Gasteiger charge is -2.29. The number of amides is 1. The molecule has 2 N–H and O–H groups in total. The first-order chi connectivity index (χ1) is 15.5. The van der Waals surface area contributed by atoms with Gasteiger partial charge in [-0.25, -0.2) is 4.68 Å². The molecule has 9 nitrogen and oxygen atoms in total. The van der Waals surface area contributed by atoms with Crippen molar-refractivity contribution in [2.75, 3.05) is 24.9 Å². The number of aromatic nitrogens is 3. The highest BCUT2D eigenvalue weighted by molar-refractivity contribution is 6.32. The lowest BCUT2D eigenvalue weighted by Crippen LogP contribution is -2.31. The van der Waals surface area contributed by atoms with Crippen molar-refractivity contribution in [3.05, 3.63) is 70.1 Å². The number of benzene rings is 2. The van der Waals surface area contributed by atoms with Gasteiger partial charge in [-0.2, -0.15) is 15.3 Å². The van der Waals surface area contributed by atoms with Crippen LogP contribution in [0.25, 0.3) is 0 Å². The lowest BCUT2D eigenvalue weighted by molar-refractivity contribution is -0.113. The molecule has 0 bridgehead atoms. The fourth-order valence-corrected chi connectivity index (χ4v) is 3.81. The summed E-state index contributed by atoms with van der Waals surface area (Å²) in [5.74, 6) is 0.937. The summed E-state index contributed by atoms with van der Waals surface area (Å²) in [6, 6.07) is 11.7. The lowest BCUT2D eigenvalue weighted by atomic mass is 9.94. The van der Waals surface area contributed by atoms with Crippen LogP contribution in [0.4, 0.5) is 11.6 Å². The van der Waals surface area contributed by atoms with Crippen LogP contribution < -0.4 is 20.1 Å². The predicted molar refractivity (Wildman–Crippen MR) is 119 cm³/mol. The maximum absolute atomic E-state index is 13.5. The van der Waals surface area contributed by atoms with E-state index in [0.29, 0.717) is 45.0 Å². The second-order valence-electron chi connectivity index (χ2n) is 6.97. The van der Waals surface area contributed by atoms with Gasteiger partial charge in [0, 0.05) is 17.8 Å². The number of fused-ring (bicyclic) bond motifs is 1. The molecule has 0 saturated heterocycles. The molecular formula is C22H19ClN6O3. The largest absolute Gasteiger partial charge is 0.495 e. The molecule has 0 radical (unpaired) electrons. The SMILES string of the molecule is COc1cc(NC(=O)C2=C(C)Nc3ncnn3[C@H]2c2ccc(C#N)cc2)c(OC)cc1Cl. The van der Waals surface area contributed by atoms with Crippen molar-refractivity contribution in [3.63, 3.8) is 0 Å². The number of nitriles is 1. The molecule has 3 aromatic rings.